The minimum atomic E-state index is -0.871. The highest BCUT2D eigenvalue weighted by atomic mass is 16.4. The van der Waals surface area contributed by atoms with E-state index in [0.717, 1.165) is 24.4 Å². The number of fused-ring (bicyclic) bond motifs is 1. The third kappa shape index (κ3) is 1.86. The number of rotatable bonds is 1. The summed E-state index contributed by atoms with van der Waals surface area (Å²) in [7, 11) is 0. The SMILES string of the molecule is C=Cc1cc2n(n1)CCCN(C(=O)O)C2. The van der Waals surface area contributed by atoms with Crippen LogP contribution in [0.25, 0.3) is 6.08 Å². The maximum atomic E-state index is 10.9. The monoisotopic (exact) mass is 207 g/mol. The summed E-state index contributed by atoms with van der Waals surface area (Å²) < 4.78 is 1.86. The van der Waals surface area contributed by atoms with E-state index in [4.69, 9.17) is 5.11 Å². The number of aromatic nitrogens is 2. The van der Waals surface area contributed by atoms with Gasteiger partial charge in [-0.05, 0) is 18.6 Å². The Kier molecular flexibility index (Phi) is 2.45. The van der Waals surface area contributed by atoms with Crippen molar-refractivity contribution in [3.05, 3.63) is 24.0 Å². The predicted octanol–water partition coefficient (Wildman–Crippen LogP) is 1.41. The average molecular weight is 207 g/mol. The molecule has 2 rings (SSSR count). The minimum Gasteiger partial charge on any atom is -0.465 e. The van der Waals surface area contributed by atoms with E-state index in [1.807, 2.05) is 10.7 Å². The Morgan fingerprint density at radius 3 is 3.07 bits per heavy atom. The molecule has 1 aromatic rings. The maximum absolute atomic E-state index is 10.9. The fourth-order valence-corrected chi connectivity index (χ4v) is 1.75. The van der Waals surface area contributed by atoms with Gasteiger partial charge in [0, 0.05) is 13.1 Å². The molecule has 0 fully saturated rings. The number of carboxylic acid groups (broad SMARTS) is 1. The molecule has 1 amide bonds. The van der Waals surface area contributed by atoms with Gasteiger partial charge in [-0.1, -0.05) is 6.58 Å². The Hall–Kier alpha value is -1.78. The summed E-state index contributed by atoms with van der Waals surface area (Å²) in [4.78, 5) is 12.3. The number of aryl methyl sites for hydroxylation is 1. The van der Waals surface area contributed by atoms with Crippen molar-refractivity contribution in [1.82, 2.24) is 14.7 Å². The van der Waals surface area contributed by atoms with Crippen LogP contribution in [0, 0.1) is 0 Å². The van der Waals surface area contributed by atoms with E-state index in [2.05, 4.69) is 11.7 Å². The van der Waals surface area contributed by atoms with Crippen molar-refractivity contribution in [1.29, 1.82) is 0 Å². The summed E-state index contributed by atoms with van der Waals surface area (Å²) in [6.07, 6.45) is 1.61. The van der Waals surface area contributed by atoms with Gasteiger partial charge in [-0.2, -0.15) is 5.10 Å². The van der Waals surface area contributed by atoms with Crippen molar-refractivity contribution in [3.63, 3.8) is 0 Å². The molecule has 5 heteroatoms. The van der Waals surface area contributed by atoms with Crippen molar-refractivity contribution < 1.29 is 9.90 Å². The Bertz CT molecular complexity index is 397. The van der Waals surface area contributed by atoms with Crippen LogP contribution in [-0.4, -0.2) is 32.4 Å². The Labute approximate surface area is 87.6 Å². The smallest absolute Gasteiger partial charge is 0.407 e. The zero-order chi connectivity index (χ0) is 10.8. The molecule has 0 saturated heterocycles. The second kappa shape index (κ2) is 3.76. The zero-order valence-corrected chi connectivity index (χ0v) is 8.39. The minimum absolute atomic E-state index is 0.413. The van der Waals surface area contributed by atoms with Gasteiger partial charge >= 0.3 is 6.09 Å². The normalized spacial score (nSPS) is 15.6. The van der Waals surface area contributed by atoms with Crippen molar-refractivity contribution in [2.45, 2.75) is 19.5 Å². The second-order valence-electron chi connectivity index (χ2n) is 3.55. The van der Waals surface area contributed by atoms with Crippen LogP contribution in [0.5, 0.6) is 0 Å². The molecule has 0 aliphatic carbocycles. The van der Waals surface area contributed by atoms with E-state index in [1.54, 1.807) is 6.08 Å². The van der Waals surface area contributed by atoms with E-state index in [9.17, 15) is 4.79 Å². The second-order valence-corrected chi connectivity index (χ2v) is 3.55. The highest BCUT2D eigenvalue weighted by Gasteiger charge is 2.19. The molecule has 2 heterocycles. The fraction of sp³-hybridized carbons (Fsp3) is 0.400. The molecule has 1 aliphatic heterocycles. The van der Waals surface area contributed by atoms with Crippen molar-refractivity contribution >= 4 is 12.2 Å². The van der Waals surface area contributed by atoms with E-state index in [1.165, 1.54) is 4.90 Å². The van der Waals surface area contributed by atoms with Crippen LogP contribution in [0.1, 0.15) is 17.8 Å². The van der Waals surface area contributed by atoms with Gasteiger partial charge in [0.15, 0.2) is 0 Å². The Balaban J connectivity index is 2.27. The summed E-state index contributed by atoms with van der Waals surface area (Å²) in [6.45, 7) is 5.40. The van der Waals surface area contributed by atoms with Gasteiger partial charge in [-0.25, -0.2) is 4.79 Å². The molecular formula is C10H13N3O2. The average Bonchev–Trinajstić information content (AvgIpc) is 2.49. The number of amides is 1. The van der Waals surface area contributed by atoms with Crippen LogP contribution >= 0.6 is 0 Å². The number of hydrogen-bond acceptors (Lipinski definition) is 2. The molecule has 0 aromatic carbocycles. The van der Waals surface area contributed by atoms with E-state index in [0.29, 0.717) is 13.1 Å². The van der Waals surface area contributed by atoms with Gasteiger partial charge in [0.1, 0.15) is 0 Å². The Morgan fingerprint density at radius 2 is 2.40 bits per heavy atom. The third-order valence-corrected chi connectivity index (χ3v) is 2.51. The Morgan fingerprint density at radius 1 is 1.60 bits per heavy atom. The van der Waals surface area contributed by atoms with Gasteiger partial charge in [0.25, 0.3) is 0 Å². The molecule has 0 radical (unpaired) electrons. The predicted molar refractivity (Wildman–Crippen MR) is 55.4 cm³/mol. The lowest BCUT2D eigenvalue weighted by atomic mass is 10.3. The number of nitrogens with zero attached hydrogens (tertiary/aromatic N) is 3. The fourth-order valence-electron chi connectivity index (χ4n) is 1.75. The first kappa shape index (κ1) is 9.76. The van der Waals surface area contributed by atoms with Crippen molar-refractivity contribution in [2.75, 3.05) is 6.54 Å². The molecule has 15 heavy (non-hydrogen) atoms. The first-order valence-corrected chi connectivity index (χ1v) is 4.88. The highest BCUT2D eigenvalue weighted by Crippen LogP contribution is 2.14. The summed E-state index contributed by atoms with van der Waals surface area (Å²) in [5.41, 5.74) is 1.74. The molecule has 0 spiro atoms. The quantitative estimate of drug-likeness (QED) is 0.757. The van der Waals surface area contributed by atoms with Crippen LogP contribution < -0.4 is 0 Å². The highest BCUT2D eigenvalue weighted by molar-refractivity contribution is 5.65. The van der Waals surface area contributed by atoms with Crippen molar-refractivity contribution in [3.8, 4) is 0 Å². The zero-order valence-electron chi connectivity index (χ0n) is 8.39. The molecular weight excluding hydrogens is 194 g/mol. The van der Waals surface area contributed by atoms with Crippen LogP contribution in [0.2, 0.25) is 0 Å². The lowest BCUT2D eigenvalue weighted by Crippen LogP contribution is -2.28. The third-order valence-electron chi connectivity index (χ3n) is 2.51. The van der Waals surface area contributed by atoms with Crippen LogP contribution in [0.4, 0.5) is 4.79 Å². The molecule has 0 bridgehead atoms. The van der Waals surface area contributed by atoms with Crippen LogP contribution in [0.15, 0.2) is 12.6 Å². The van der Waals surface area contributed by atoms with Gasteiger partial charge in [-0.15, -0.1) is 0 Å². The van der Waals surface area contributed by atoms with E-state index < -0.39 is 6.09 Å². The lowest BCUT2D eigenvalue weighted by Gasteiger charge is -2.14. The molecule has 1 aliphatic rings. The molecule has 1 aromatic heterocycles. The standard InChI is InChI=1S/C10H13N3O2/c1-2-8-6-9-7-12(10(14)15)4-3-5-13(9)11-8/h2,6H,1,3-5,7H2,(H,14,15). The molecule has 1 N–H and O–H groups in total. The van der Waals surface area contributed by atoms with Gasteiger partial charge in [-0.3, -0.25) is 4.68 Å². The van der Waals surface area contributed by atoms with Crippen LogP contribution in [0.3, 0.4) is 0 Å². The number of hydrogen-bond donors (Lipinski definition) is 1. The summed E-state index contributed by atoms with van der Waals surface area (Å²) >= 11 is 0. The van der Waals surface area contributed by atoms with E-state index >= 15 is 0 Å². The van der Waals surface area contributed by atoms with Crippen LogP contribution in [-0.2, 0) is 13.1 Å². The number of carbonyl (C=O) groups is 1. The van der Waals surface area contributed by atoms with E-state index in [-0.39, 0.29) is 0 Å². The summed E-state index contributed by atoms with van der Waals surface area (Å²) in [5, 5.41) is 13.2. The molecule has 5 nitrogen and oxygen atoms in total. The lowest BCUT2D eigenvalue weighted by molar-refractivity contribution is 0.143. The largest absolute Gasteiger partial charge is 0.465 e. The molecule has 0 saturated carbocycles. The molecule has 0 atom stereocenters. The summed E-state index contributed by atoms with van der Waals surface area (Å²) in [5.74, 6) is 0. The van der Waals surface area contributed by atoms with Crippen molar-refractivity contribution in [2.24, 2.45) is 0 Å². The summed E-state index contributed by atoms with van der Waals surface area (Å²) in [6, 6.07) is 1.88. The maximum Gasteiger partial charge on any atom is 0.407 e. The van der Waals surface area contributed by atoms with Gasteiger partial charge in [0.05, 0.1) is 17.9 Å². The first-order valence-electron chi connectivity index (χ1n) is 4.88. The molecule has 80 valence electrons. The topological polar surface area (TPSA) is 58.4 Å². The molecule has 0 unspecified atom stereocenters. The van der Waals surface area contributed by atoms with Gasteiger partial charge in [0.2, 0.25) is 0 Å². The first-order chi connectivity index (χ1) is 7.20. The van der Waals surface area contributed by atoms with Gasteiger partial charge < -0.3 is 10.0 Å².